The van der Waals surface area contributed by atoms with E-state index >= 15 is 0 Å². The molecule has 0 bridgehead atoms. The van der Waals surface area contributed by atoms with Gasteiger partial charge in [0.25, 0.3) is 11.8 Å². The topological polar surface area (TPSA) is 147 Å². The van der Waals surface area contributed by atoms with E-state index < -0.39 is 53.0 Å². The molecule has 11 nitrogen and oxygen atoms in total. The van der Waals surface area contributed by atoms with Gasteiger partial charge in [0.2, 0.25) is 0 Å². The molecule has 43 heavy (non-hydrogen) atoms. The van der Waals surface area contributed by atoms with Gasteiger partial charge in [-0.2, -0.15) is 0 Å². The van der Waals surface area contributed by atoms with E-state index in [2.05, 4.69) is 10.6 Å². The molecule has 1 unspecified atom stereocenters. The van der Waals surface area contributed by atoms with Gasteiger partial charge in [-0.3, -0.25) is 14.5 Å². The van der Waals surface area contributed by atoms with Crippen LogP contribution in [-0.2, 0) is 23.9 Å². The second kappa shape index (κ2) is 12.3. The Hall–Kier alpha value is -4.71. The summed E-state index contributed by atoms with van der Waals surface area (Å²) in [5.74, 6) is -2.35. The molecule has 3 N–H and O–H groups in total. The Labute approximate surface area is 252 Å². The third kappa shape index (κ3) is 6.54. The summed E-state index contributed by atoms with van der Waals surface area (Å²) in [6.45, 7) is 5.05. The van der Waals surface area contributed by atoms with Gasteiger partial charge in [0, 0.05) is 0 Å². The molecule has 3 amide bonds. The van der Waals surface area contributed by atoms with Crippen LogP contribution in [0.15, 0.2) is 94.9 Å². The summed E-state index contributed by atoms with van der Waals surface area (Å²) in [7, 11) is 0. The van der Waals surface area contributed by atoms with Gasteiger partial charge in [0.05, 0.1) is 12.0 Å². The van der Waals surface area contributed by atoms with E-state index in [-0.39, 0.29) is 23.0 Å². The first-order chi connectivity index (χ1) is 20.5. The number of hydrogen-bond acceptors (Lipinski definition) is 9. The van der Waals surface area contributed by atoms with Crippen molar-refractivity contribution >= 4 is 35.6 Å². The van der Waals surface area contributed by atoms with Crippen LogP contribution in [0.4, 0.5) is 4.79 Å². The maximum absolute atomic E-state index is 13.5. The standard InChI is InChI=1S/C31H31N3O8S/c1-31(2,3)42-30(39)33-22(21-15-10-16-40-21)26(36)32-23-27(37)34-24(20(35)17-43-28(23)34)29(38)41-25(18-11-6-4-7-12-18)19-13-8-5-9-14-19/h4-16,22-23,25,28,35H,17H2,1-3H3,(H,32,36)(H,33,39)/t22?,23-,28+/m1/s1. The zero-order valence-electron chi connectivity index (χ0n) is 23.7. The molecule has 224 valence electrons. The van der Waals surface area contributed by atoms with Crippen LogP contribution < -0.4 is 10.6 Å². The molecule has 2 aliphatic rings. The molecule has 3 aromatic rings. The Bertz CT molecular complexity index is 1480. The van der Waals surface area contributed by atoms with Crippen LogP contribution in [0.3, 0.4) is 0 Å². The van der Waals surface area contributed by atoms with Gasteiger partial charge in [0.1, 0.15) is 28.5 Å². The Kier molecular flexibility index (Phi) is 8.49. The molecule has 0 spiro atoms. The number of carbonyl (C=O) groups excluding carboxylic acids is 4. The number of aliphatic hydroxyl groups excluding tert-OH is 1. The van der Waals surface area contributed by atoms with Crippen LogP contribution in [0.5, 0.6) is 0 Å². The van der Waals surface area contributed by atoms with Gasteiger partial charge in [0.15, 0.2) is 17.8 Å². The van der Waals surface area contributed by atoms with Crippen molar-refractivity contribution in [2.75, 3.05) is 5.75 Å². The van der Waals surface area contributed by atoms with Crippen molar-refractivity contribution in [3.8, 4) is 0 Å². The average molecular weight is 606 g/mol. The van der Waals surface area contributed by atoms with E-state index in [0.29, 0.717) is 11.1 Å². The van der Waals surface area contributed by atoms with Crippen molar-refractivity contribution in [2.45, 2.75) is 49.9 Å². The van der Waals surface area contributed by atoms with Crippen LogP contribution in [0.25, 0.3) is 0 Å². The number of carbonyl (C=O) groups is 4. The number of benzene rings is 2. The van der Waals surface area contributed by atoms with Crippen LogP contribution in [-0.4, -0.2) is 56.7 Å². The van der Waals surface area contributed by atoms with E-state index in [4.69, 9.17) is 13.9 Å². The minimum Gasteiger partial charge on any atom is -0.509 e. The normalized spacial score (nSPS) is 18.8. The van der Waals surface area contributed by atoms with Crippen LogP contribution in [0.2, 0.25) is 0 Å². The molecule has 0 radical (unpaired) electrons. The number of rotatable bonds is 8. The van der Waals surface area contributed by atoms with E-state index in [9.17, 15) is 24.3 Å². The number of thioether (sulfide) groups is 1. The summed E-state index contributed by atoms with van der Waals surface area (Å²) in [4.78, 5) is 53.8. The number of alkyl carbamates (subject to hydrolysis) is 1. The SMILES string of the molecule is CC(C)(C)OC(=O)NC(C(=O)N[C@@H]1C(=O)N2C(C(=O)OC(c3ccccc3)c3ccccc3)=C(O)CS[C@@H]12)c1ccco1. The van der Waals surface area contributed by atoms with Crippen LogP contribution >= 0.6 is 11.8 Å². The van der Waals surface area contributed by atoms with Crippen molar-refractivity contribution in [1.82, 2.24) is 15.5 Å². The Morgan fingerprint density at radius 1 is 1.00 bits per heavy atom. The lowest BCUT2D eigenvalue weighted by Crippen LogP contribution is -2.71. The van der Waals surface area contributed by atoms with E-state index in [1.807, 2.05) is 60.7 Å². The number of hydrogen-bond donors (Lipinski definition) is 3. The highest BCUT2D eigenvalue weighted by molar-refractivity contribution is 8.00. The molecule has 2 aromatic carbocycles. The Morgan fingerprint density at radius 2 is 1.63 bits per heavy atom. The zero-order chi connectivity index (χ0) is 30.7. The molecule has 1 aromatic heterocycles. The Balaban J connectivity index is 1.32. The number of ether oxygens (including phenoxy) is 2. The predicted octanol–water partition coefficient (Wildman–Crippen LogP) is 4.35. The maximum Gasteiger partial charge on any atom is 0.408 e. The largest absolute Gasteiger partial charge is 0.509 e. The van der Waals surface area contributed by atoms with Gasteiger partial charge < -0.3 is 29.6 Å². The second-order valence-electron chi connectivity index (χ2n) is 10.9. The third-order valence-corrected chi connectivity index (χ3v) is 7.88. The minimum atomic E-state index is -1.29. The number of esters is 1. The lowest BCUT2D eigenvalue weighted by Gasteiger charge is -2.49. The summed E-state index contributed by atoms with van der Waals surface area (Å²) >= 11 is 1.18. The van der Waals surface area contributed by atoms with Crippen molar-refractivity contribution in [1.29, 1.82) is 0 Å². The summed E-state index contributed by atoms with van der Waals surface area (Å²) in [5, 5.41) is 15.1. The predicted molar refractivity (Wildman–Crippen MR) is 156 cm³/mol. The molecule has 3 atom stereocenters. The molecule has 1 saturated heterocycles. The minimum absolute atomic E-state index is 0.0182. The fourth-order valence-electron chi connectivity index (χ4n) is 4.72. The van der Waals surface area contributed by atoms with Gasteiger partial charge in [-0.15, -0.1) is 11.8 Å². The highest BCUT2D eigenvalue weighted by Gasteiger charge is 2.55. The smallest absolute Gasteiger partial charge is 0.408 e. The molecule has 0 saturated carbocycles. The van der Waals surface area contributed by atoms with Gasteiger partial charge in [-0.25, -0.2) is 9.59 Å². The summed E-state index contributed by atoms with van der Waals surface area (Å²) in [6, 6.07) is 19.0. The maximum atomic E-state index is 13.5. The van der Waals surface area contributed by atoms with Gasteiger partial charge in [-0.1, -0.05) is 60.7 Å². The fraction of sp³-hybridized carbons (Fsp3) is 0.290. The van der Waals surface area contributed by atoms with Crippen molar-refractivity contribution in [3.05, 3.63) is 107 Å². The lowest BCUT2D eigenvalue weighted by molar-refractivity contribution is -0.155. The first kappa shape index (κ1) is 29.8. The van der Waals surface area contributed by atoms with E-state index in [1.54, 1.807) is 26.8 Å². The quantitative estimate of drug-likeness (QED) is 0.252. The van der Waals surface area contributed by atoms with Crippen molar-refractivity contribution < 1.29 is 38.2 Å². The number of nitrogens with zero attached hydrogens (tertiary/aromatic N) is 1. The van der Waals surface area contributed by atoms with Gasteiger partial charge in [-0.05, 0) is 44.0 Å². The summed E-state index contributed by atoms with van der Waals surface area (Å²) < 4.78 is 16.5. The monoisotopic (exact) mass is 605 g/mol. The van der Waals surface area contributed by atoms with Crippen molar-refractivity contribution in [3.63, 3.8) is 0 Å². The number of amides is 3. The van der Waals surface area contributed by atoms with Crippen molar-refractivity contribution in [2.24, 2.45) is 0 Å². The first-order valence-corrected chi connectivity index (χ1v) is 14.6. The number of β-lactam (4-membered cyclic amide) rings is 1. The molecular weight excluding hydrogens is 574 g/mol. The number of aliphatic hydroxyl groups is 1. The third-order valence-electron chi connectivity index (χ3n) is 6.62. The number of furan rings is 1. The fourth-order valence-corrected chi connectivity index (χ4v) is 5.92. The van der Waals surface area contributed by atoms with Crippen LogP contribution in [0, 0.1) is 0 Å². The van der Waals surface area contributed by atoms with E-state index in [0.717, 1.165) is 4.90 Å². The average Bonchev–Trinajstić information content (AvgIpc) is 3.52. The molecule has 2 aliphatic heterocycles. The molecule has 1 fully saturated rings. The van der Waals surface area contributed by atoms with Gasteiger partial charge >= 0.3 is 12.1 Å². The number of nitrogens with one attached hydrogen (secondary N) is 2. The molecular formula is C31H31N3O8S. The zero-order valence-corrected chi connectivity index (χ0v) is 24.5. The summed E-state index contributed by atoms with van der Waals surface area (Å²) in [5.41, 5.74) is 0.345. The summed E-state index contributed by atoms with van der Waals surface area (Å²) in [6.07, 6.45) is -0.284. The Morgan fingerprint density at radius 3 is 2.19 bits per heavy atom. The molecule has 5 rings (SSSR count). The second-order valence-corrected chi connectivity index (χ2v) is 12.0. The first-order valence-electron chi connectivity index (χ1n) is 13.5. The highest BCUT2D eigenvalue weighted by Crippen LogP contribution is 2.41. The lowest BCUT2D eigenvalue weighted by atomic mass is 10.0. The molecule has 3 heterocycles. The number of fused-ring (bicyclic) bond motifs is 1. The molecule has 0 aliphatic carbocycles. The molecule has 12 heteroatoms. The van der Waals surface area contributed by atoms with Crippen LogP contribution in [0.1, 0.15) is 49.8 Å². The van der Waals surface area contributed by atoms with E-state index in [1.165, 1.54) is 24.1 Å². The highest BCUT2D eigenvalue weighted by atomic mass is 32.2.